The number of benzene rings is 1. The first-order valence-electron chi connectivity index (χ1n) is 6.45. The molecule has 1 saturated carbocycles. The molecule has 0 spiro atoms. The molecule has 1 aromatic heterocycles. The molecular weight excluding hydrogens is 260 g/mol. The highest BCUT2D eigenvalue weighted by molar-refractivity contribution is 5.33. The molecule has 20 heavy (non-hydrogen) atoms. The second-order valence-electron chi connectivity index (χ2n) is 4.93. The van der Waals surface area contributed by atoms with Gasteiger partial charge in [0.2, 0.25) is 0 Å². The van der Waals surface area contributed by atoms with E-state index in [1.54, 1.807) is 16.8 Å². The lowest BCUT2D eigenvalue weighted by molar-refractivity contribution is -0.384. The van der Waals surface area contributed by atoms with E-state index in [0.29, 0.717) is 18.2 Å². The summed E-state index contributed by atoms with van der Waals surface area (Å²) in [5, 5.41) is 28.0. The molecule has 1 fully saturated rings. The highest BCUT2D eigenvalue weighted by Gasteiger charge is 2.31. The average Bonchev–Trinajstić information content (AvgIpc) is 3.21. The summed E-state index contributed by atoms with van der Waals surface area (Å²) < 4.78 is 1.78. The Kier molecular flexibility index (Phi) is 3.19. The second kappa shape index (κ2) is 5.01. The van der Waals surface area contributed by atoms with Gasteiger partial charge in [-0.2, -0.15) is 0 Å². The Morgan fingerprint density at radius 2 is 2.05 bits per heavy atom. The van der Waals surface area contributed by atoms with E-state index in [2.05, 4.69) is 10.3 Å². The third-order valence-corrected chi connectivity index (χ3v) is 3.44. The van der Waals surface area contributed by atoms with E-state index in [4.69, 9.17) is 0 Å². The van der Waals surface area contributed by atoms with Gasteiger partial charge in [-0.05, 0) is 18.4 Å². The number of aliphatic hydroxyl groups excluding tert-OH is 1. The standard InChI is InChI=1S/C13H14N4O3/c18-8-12-13(10-3-4-10)16(15-14-12)7-9-1-5-11(6-2-9)17(19)20/h1-2,5-6,10,18H,3-4,7-8H2. The van der Waals surface area contributed by atoms with Crippen molar-refractivity contribution in [3.63, 3.8) is 0 Å². The maximum atomic E-state index is 10.6. The van der Waals surface area contributed by atoms with Crippen molar-refractivity contribution in [2.75, 3.05) is 0 Å². The van der Waals surface area contributed by atoms with Gasteiger partial charge in [-0.25, -0.2) is 4.68 Å². The summed E-state index contributed by atoms with van der Waals surface area (Å²) in [5.41, 5.74) is 2.62. The van der Waals surface area contributed by atoms with Crippen molar-refractivity contribution in [3.05, 3.63) is 51.3 Å². The first kappa shape index (κ1) is 12.7. The minimum Gasteiger partial charge on any atom is -0.390 e. The Labute approximate surface area is 115 Å². The van der Waals surface area contributed by atoms with Crippen molar-refractivity contribution in [2.24, 2.45) is 0 Å². The maximum Gasteiger partial charge on any atom is 0.269 e. The van der Waals surface area contributed by atoms with E-state index < -0.39 is 4.92 Å². The van der Waals surface area contributed by atoms with Crippen LogP contribution in [0.4, 0.5) is 5.69 Å². The number of non-ortho nitro benzene ring substituents is 1. The van der Waals surface area contributed by atoms with Gasteiger partial charge in [0, 0.05) is 18.1 Å². The van der Waals surface area contributed by atoms with Crippen LogP contribution in [0.3, 0.4) is 0 Å². The van der Waals surface area contributed by atoms with Crippen molar-refractivity contribution >= 4 is 5.69 Å². The fourth-order valence-corrected chi connectivity index (χ4v) is 2.28. The van der Waals surface area contributed by atoms with Gasteiger partial charge in [0.25, 0.3) is 5.69 Å². The van der Waals surface area contributed by atoms with Gasteiger partial charge >= 0.3 is 0 Å². The topological polar surface area (TPSA) is 94.1 Å². The van der Waals surface area contributed by atoms with Crippen LogP contribution in [0.1, 0.15) is 35.7 Å². The molecule has 2 aromatic rings. The highest BCUT2D eigenvalue weighted by Crippen LogP contribution is 2.41. The molecule has 0 aliphatic heterocycles. The van der Waals surface area contributed by atoms with E-state index in [0.717, 1.165) is 24.1 Å². The highest BCUT2D eigenvalue weighted by atomic mass is 16.6. The van der Waals surface area contributed by atoms with Gasteiger partial charge < -0.3 is 5.11 Å². The molecule has 7 heteroatoms. The molecule has 0 atom stereocenters. The van der Waals surface area contributed by atoms with Gasteiger partial charge in [-0.1, -0.05) is 17.3 Å². The van der Waals surface area contributed by atoms with Crippen molar-refractivity contribution < 1.29 is 10.0 Å². The number of rotatable bonds is 5. The number of hydrogen-bond acceptors (Lipinski definition) is 5. The zero-order valence-electron chi connectivity index (χ0n) is 10.8. The molecule has 7 nitrogen and oxygen atoms in total. The van der Waals surface area contributed by atoms with Crippen LogP contribution >= 0.6 is 0 Å². The van der Waals surface area contributed by atoms with Gasteiger partial charge in [-0.3, -0.25) is 10.1 Å². The molecule has 1 heterocycles. The van der Waals surface area contributed by atoms with Crippen LogP contribution < -0.4 is 0 Å². The predicted octanol–water partition coefficient (Wildman–Crippen LogP) is 1.60. The summed E-state index contributed by atoms with van der Waals surface area (Å²) in [6, 6.07) is 6.40. The second-order valence-corrected chi connectivity index (χ2v) is 4.93. The molecule has 0 amide bonds. The molecule has 1 aliphatic carbocycles. The lowest BCUT2D eigenvalue weighted by atomic mass is 10.2. The molecule has 1 aromatic carbocycles. The number of nitro groups is 1. The Balaban J connectivity index is 1.84. The molecule has 0 radical (unpaired) electrons. The quantitative estimate of drug-likeness (QED) is 0.660. The summed E-state index contributed by atoms with van der Waals surface area (Å²) in [6.45, 7) is 0.406. The summed E-state index contributed by atoms with van der Waals surface area (Å²) in [5.74, 6) is 0.435. The van der Waals surface area contributed by atoms with Crippen LogP contribution in [0.2, 0.25) is 0 Å². The summed E-state index contributed by atoms with van der Waals surface area (Å²) in [7, 11) is 0. The van der Waals surface area contributed by atoms with E-state index in [-0.39, 0.29) is 12.3 Å². The number of hydrogen-bond donors (Lipinski definition) is 1. The molecule has 1 aliphatic rings. The van der Waals surface area contributed by atoms with E-state index in [1.807, 2.05) is 0 Å². The van der Waals surface area contributed by atoms with Crippen molar-refractivity contribution in [3.8, 4) is 0 Å². The number of nitro benzene ring substituents is 1. The Bertz CT molecular complexity index is 632. The third-order valence-electron chi connectivity index (χ3n) is 3.44. The van der Waals surface area contributed by atoms with Gasteiger partial charge in [0.05, 0.1) is 23.8 Å². The molecule has 0 unspecified atom stereocenters. The van der Waals surface area contributed by atoms with Crippen LogP contribution in [-0.2, 0) is 13.2 Å². The van der Waals surface area contributed by atoms with Gasteiger partial charge in [-0.15, -0.1) is 5.10 Å². The van der Waals surface area contributed by atoms with Crippen molar-refractivity contribution in [2.45, 2.75) is 31.9 Å². The normalized spacial score (nSPS) is 14.4. The number of aliphatic hydroxyl groups is 1. The van der Waals surface area contributed by atoms with E-state index in [1.165, 1.54) is 12.1 Å². The van der Waals surface area contributed by atoms with Crippen LogP contribution in [0.5, 0.6) is 0 Å². The molecule has 0 saturated heterocycles. The SMILES string of the molecule is O=[N+]([O-])c1ccc(Cn2nnc(CO)c2C2CC2)cc1. The van der Waals surface area contributed by atoms with Crippen LogP contribution in [0.15, 0.2) is 24.3 Å². The Morgan fingerprint density at radius 3 is 2.60 bits per heavy atom. The fraction of sp³-hybridized carbons (Fsp3) is 0.385. The van der Waals surface area contributed by atoms with Crippen LogP contribution in [0.25, 0.3) is 0 Å². The largest absolute Gasteiger partial charge is 0.390 e. The van der Waals surface area contributed by atoms with Gasteiger partial charge in [0.15, 0.2) is 0 Å². The van der Waals surface area contributed by atoms with E-state index >= 15 is 0 Å². The summed E-state index contributed by atoms with van der Waals surface area (Å²) in [4.78, 5) is 10.2. The molecule has 0 bridgehead atoms. The minimum atomic E-state index is -0.418. The Hall–Kier alpha value is -2.28. The zero-order valence-corrected chi connectivity index (χ0v) is 10.8. The third kappa shape index (κ3) is 2.39. The fourth-order valence-electron chi connectivity index (χ4n) is 2.28. The van der Waals surface area contributed by atoms with E-state index in [9.17, 15) is 15.2 Å². The molecular formula is C13H14N4O3. The lowest BCUT2D eigenvalue weighted by Crippen LogP contribution is -2.06. The number of aromatic nitrogens is 3. The monoisotopic (exact) mass is 274 g/mol. The maximum absolute atomic E-state index is 10.6. The smallest absolute Gasteiger partial charge is 0.269 e. The first-order chi connectivity index (χ1) is 9.69. The van der Waals surface area contributed by atoms with Crippen LogP contribution in [-0.4, -0.2) is 25.0 Å². The first-order valence-corrected chi connectivity index (χ1v) is 6.45. The van der Waals surface area contributed by atoms with Crippen molar-refractivity contribution in [1.82, 2.24) is 15.0 Å². The molecule has 3 rings (SSSR count). The summed E-state index contributed by atoms with van der Waals surface area (Å²) in [6.07, 6.45) is 2.20. The zero-order chi connectivity index (χ0) is 14.1. The number of nitrogens with zero attached hydrogens (tertiary/aromatic N) is 4. The lowest BCUT2D eigenvalue weighted by Gasteiger charge is -2.06. The average molecular weight is 274 g/mol. The van der Waals surface area contributed by atoms with Crippen molar-refractivity contribution in [1.29, 1.82) is 0 Å². The molecule has 104 valence electrons. The predicted molar refractivity (Wildman–Crippen MR) is 70.1 cm³/mol. The minimum absolute atomic E-state index is 0.0748. The Morgan fingerprint density at radius 1 is 1.35 bits per heavy atom. The summed E-state index contributed by atoms with van der Waals surface area (Å²) >= 11 is 0. The molecule has 1 N–H and O–H groups in total. The van der Waals surface area contributed by atoms with Crippen LogP contribution in [0, 0.1) is 10.1 Å². The van der Waals surface area contributed by atoms with Gasteiger partial charge in [0.1, 0.15) is 5.69 Å².